The smallest absolute Gasteiger partial charge is 0.143 e. The lowest BCUT2D eigenvalue weighted by atomic mass is 9.84. The van der Waals surface area contributed by atoms with Crippen molar-refractivity contribution in [2.75, 3.05) is 0 Å². The SMILES string of the molecule is [2H]c1c([2H])c([2H])c2c(-c3cccc4cc(-c5cccc6c5oc5ccc7ccccc7c56)ccc34)c3c([2H])c([2H])c([2H])c([2H])c3c(-c3ccc4ccccc4c3)c2c1[2H]. The van der Waals surface area contributed by atoms with Gasteiger partial charge in [-0.1, -0.05) is 164 Å². The quantitative estimate of drug-likeness (QED) is 0.173. The Balaban J connectivity index is 1.24. The Kier molecular flexibility index (Phi) is 4.57. The molecule has 1 heteroatoms. The van der Waals surface area contributed by atoms with E-state index in [0.717, 1.165) is 65.4 Å². The molecule has 0 aliphatic carbocycles. The predicted molar refractivity (Wildman–Crippen MR) is 218 cm³/mol. The van der Waals surface area contributed by atoms with Gasteiger partial charge in [-0.25, -0.2) is 0 Å². The third kappa shape index (κ3) is 4.22. The molecule has 0 bridgehead atoms. The van der Waals surface area contributed by atoms with E-state index in [1.807, 2.05) is 103 Å². The van der Waals surface area contributed by atoms with Gasteiger partial charge in [0.2, 0.25) is 0 Å². The molecule has 1 aromatic heterocycles. The third-order valence-corrected chi connectivity index (χ3v) is 10.3. The molecule has 0 N–H and O–H groups in total. The predicted octanol–water partition coefficient (Wildman–Crippen LogP) is 14.4. The second-order valence-corrected chi connectivity index (χ2v) is 13.0. The molecule has 11 aromatic rings. The second-order valence-electron chi connectivity index (χ2n) is 13.0. The van der Waals surface area contributed by atoms with E-state index in [1.165, 1.54) is 0 Å². The zero-order valence-corrected chi connectivity index (χ0v) is 27.1. The first-order valence-corrected chi connectivity index (χ1v) is 16.9. The Labute approximate surface area is 305 Å². The highest BCUT2D eigenvalue weighted by Crippen LogP contribution is 2.46. The van der Waals surface area contributed by atoms with Crippen molar-refractivity contribution in [1.82, 2.24) is 0 Å². The van der Waals surface area contributed by atoms with E-state index in [0.29, 0.717) is 22.3 Å². The van der Waals surface area contributed by atoms with Gasteiger partial charge < -0.3 is 4.42 Å². The van der Waals surface area contributed by atoms with Gasteiger partial charge in [-0.3, -0.25) is 0 Å². The Hall–Kier alpha value is -6.70. The Bertz CT molecular complexity index is 3580. The van der Waals surface area contributed by atoms with Crippen molar-refractivity contribution in [3.63, 3.8) is 0 Å². The molecule has 1 nitrogen and oxygen atoms in total. The number of hydrogen-bond donors (Lipinski definition) is 0. The highest BCUT2D eigenvalue weighted by molar-refractivity contribution is 6.24. The van der Waals surface area contributed by atoms with Gasteiger partial charge in [-0.05, 0) is 99.9 Å². The van der Waals surface area contributed by atoms with Crippen LogP contribution in [0, 0.1) is 0 Å². The van der Waals surface area contributed by atoms with Gasteiger partial charge >= 0.3 is 0 Å². The van der Waals surface area contributed by atoms with E-state index < -0.39 is 24.2 Å². The Morgan fingerprint density at radius 3 is 1.76 bits per heavy atom. The first-order valence-electron chi connectivity index (χ1n) is 20.9. The molecule has 236 valence electrons. The van der Waals surface area contributed by atoms with Crippen LogP contribution < -0.4 is 0 Å². The molecule has 51 heavy (non-hydrogen) atoms. The molecule has 0 unspecified atom stereocenters. The fraction of sp³-hybridized carbons (Fsp3) is 0. The van der Waals surface area contributed by atoms with Crippen LogP contribution in [0.2, 0.25) is 0 Å². The number of rotatable bonds is 3. The lowest BCUT2D eigenvalue weighted by Gasteiger charge is -2.19. The molecule has 11 rings (SSSR count). The van der Waals surface area contributed by atoms with Gasteiger partial charge in [0.15, 0.2) is 0 Å². The maximum absolute atomic E-state index is 9.44. The molecule has 0 saturated heterocycles. The summed E-state index contributed by atoms with van der Waals surface area (Å²) >= 11 is 0. The number of hydrogen-bond acceptors (Lipinski definition) is 1. The molecular weight excluding hydrogens is 617 g/mol. The Morgan fingerprint density at radius 1 is 0.373 bits per heavy atom. The number of para-hydroxylation sites is 1. The first-order chi connectivity index (χ1) is 28.6. The number of furan rings is 1. The summed E-state index contributed by atoms with van der Waals surface area (Å²) < 4.78 is 79.6. The highest BCUT2D eigenvalue weighted by atomic mass is 16.3. The average Bonchev–Trinajstić information content (AvgIpc) is 3.67. The summed E-state index contributed by atoms with van der Waals surface area (Å²) in [7, 11) is 0. The number of fused-ring (bicyclic) bond motifs is 9. The van der Waals surface area contributed by atoms with Gasteiger partial charge in [-0.2, -0.15) is 0 Å². The molecular formula is C50H30O. The first kappa shape index (κ1) is 21.4. The minimum absolute atomic E-state index is 0.188. The van der Waals surface area contributed by atoms with Crippen molar-refractivity contribution in [3.8, 4) is 33.4 Å². The van der Waals surface area contributed by atoms with Gasteiger partial charge in [0.25, 0.3) is 0 Å². The molecule has 0 amide bonds. The zero-order chi connectivity index (χ0) is 40.4. The maximum Gasteiger partial charge on any atom is 0.143 e. The molecule has 0 aliphatic heterocycles. The van der Waals surface area contributed by atoms with Crippen molar-refractivity contribution in [1.29, 1.82) is 0 Å². The van der Waals surface area contributed by atoms with E-state index in [1.54, 1.807) is 0 Å². The molecule has 0 saturated carbocycles. The van der Waals surface area contributed by atoms with Crippen molar-refractivity contribution in [2.45, 2.75) is 0 Å². The normalized spacial score (nSPS) is 14.1. The fourth-order valence-corrected chi connectivity index (χ4v) is 7.99. The summed E-state index contributed by atoms with van der Waals surface area (Å²) in [6.07, 6.45) is 0. The zero-order valence-electron chi connectivity index (χ0n) is 35.1. The molecule has 0 fully saturated rings. The monoisotopic (exact) mass is 654 g/mol. The summed E-state index contributed by atoms with van der Waals surface area (Å²) in [6, 6.07) is 40.9. The Morgan fingerprint density at radius 2 is 0.961 bits per heavy atom. The summed E-state index contributed by atoms with van der Waals surface area (Å²) in [6.45, 7) is 0. The van der Waals surface area contributed by atoms with Crippen LogP contribution in [0.15, 0.2) is 186 Å². The highest BCUT2D eigenvalue weighted by Gasteiger charge is 2.19. The van der Waals surface area contributed by atoms with Crippen molar-refractivity contribution in [2.24, 2.45) is 0 Å². The minimum atomic E-state index is -0.428. The van der Waals surface area contributed by atoms with Gasteiger partial charge in [-0.15, -0.1) is 0 Å². The standard InChI is InChI=1S/C50H30O/c1-2-13-33-29-36(24-23-31(33)11-1)47-41-16-5-7-18-43(41)48(44-19-8-6-17-42(44)47)40-21-9-14-34-30-35(25-27-37(34)40)39-20-10-22-45-49-38-15-4-3-12-32(38)26-28-46(49)51-50(39)45/h1-30H/i5D,6D,7D,8D,16D,17D,18D,19D. The number of benzene rings is 10. The minimum Gasteiger partial charge on any atom is -0.455 e. The largest absolute Gasteiger partial charge is 0.455 e. The van der Waals surface area contributed by atoms with Crippen molar-refractivity contribution in [3.05, 3.63) is 182 Å². The molecule has 0 spiro atoms. The second kappa shape index (κ2) is 10.9. The van der Waals surface area contributed by atoms with Crippen LogP contribution in [0.25, 0.3) is 109 Å². The van der Waals surface area contributed by atoms with Crippen LogP contribution in [0.1, 0.15) is 11.0 Å². The molecule has 0 aliphatic rings. The topological polar surface area (TPSA) is 13.1 Å². The molecule has 0 atom stereocenters. The van der Waals surface area contributed by atoms with Crippen LogP contribution in [0.4, 0.5) is 0 Å². The molecule has 1 heterocycles. The van der Waals surface area contributed by atoms with E-state index in [2.05, 4.69) is 30.3 Å². The average molecular weight is 655 g/mol. The molecule has 0 radical (unpaired) electrons. The van der Waals surface area contributed by atoms with Crippen molar-refractivity contribution >= 4 is 75.8 Å². The lowest BCUT2D eigenvalue weighted by Crippen LogP contribution is -1.92. The van der Waals surface area contributed by atoms with E-state index in [-0.39, 0.29) is 45.7 Å². The lowest BCUT2D eigenvalue weighted by molar-refractivity contribution is 0.670. The van der Waals surface area contributed by atoms with Crippen LogP contribution in [0.5, 0.6) is 0 Å². The molecule has 10 aromatic carbocycles. The third-order valence-electron chi connectivity index (χ3n) is 10.3. The maximum atomic E-state index is 9.44. The van der Waals surface area contributed by atoms with E-state index in [9.17, 15) is 5.48 Å². The van der Waals surface area contributed by atoms with E-state index >= 15 is 0 Å². The van der Waals surface area contributed by atoms with Gasteiger partial charge in [0.1, 0.15) is 11.2 Å². The van der Waals surface area contributed by atoms with Crippen LogP contribution in [0.3, 0.4) is 0 Å². The van der Waals surface area contributed by atoms with E-state index in [4.69, 9.17) is 9.90 Å². The van der Waals surface area contributed by atoms with Gasteiger partial charge in [0.05, 0.1) is 11.0 Å². The summed E-state index contributed by atoms with van der Waals surface area (Å²) in [5.74, 6) is 0. The van der Waals surface area contributed by atoms with Crippen LogP contribution in [-0.2, 0) is 0 Å². The van der Waals surface area contributed by atoms with Crippen LogP contribution >= 0.6 is 0 Å². The summed E-state index contributed by atoms with van der Waals surface area (Å²) in [5.41, 5.74) is 5.20. The van der Waals surface area contributed by atoms with Crippen molar-refractivity contribution < 1.29 is 15.4 Å². The summed E-state index contributed by atoms with van der Waals surface area (Å²) in [4.78, 5) is 0. The van der Waals surface area contributed by atoms with Crippen LogP contribution in [-0.4, -0.2) is 0 Å². The van der Waals surface area contributed by atoms with Gasteiger partial charge in [0, 0.05) is 16.3 Å². The fourth-order valence-electron chi connectivity index (χ4n) is 7.99. The summed E-state index contributed by atoms with van der Waals surface area (Å²) in [5, 5.41) is 8.50.